The van der Waals surface area contributed by atoms with Crippen LogP contribution in [-0.2, 0) is 12.4 Å². The van der Waals surface area contributed by atoms with Gasteiger partial charge in [0.2, 0.25) is 5.88 Å². The minimum absolute atomic E-state index is 0.0329. The minimum Gasteiger partial charge on any atom is -0.470 e. The van der Waals surface area contributed by atoms with Crippen LogP contribution in [0, 0.1) is 11.3 Å². The summed E-state index contributed by atoms with van der Waals surface area (Å²) in [6, 6.07) is 5.59. The Kier molecular flexibility index (Phi) is 5.13. The zero-order valence-corrected chi connectivity index (χ0v) is 14.4. The molecule has 1 fully saturated rings. The highest BCUT2D eigenvalue weighted by molar-refractivity contribution is 5.95. The SMILES string of the molecule is N#Cc1cccnc1OC1CN(C(=O)c2cc(C(F)(F)F)cc(C(F)(F)F)c2)C1. The van der Waals surface area contributed by atoms with Gasteiger partial charge in [0, 0.05) is 11.8 Å². The molecule has 0 bridgehead atoms. The van der Waals surface area contributed by atoms with E-state index in [-0.39, 0.29) is 30.6 Å². The largest absolute Gasteiger partial charge is 0.470 e. The van der Waals surface area contributed by atoms with Crippen LogP contribution in [0.5, 0.6) is 5.88 Å². The first-order valence-electron chi connectivity index (χ1n) is 8.09. The van der Waals surface area contributed by atoms with Crippen LogP contribution in [0.3, 0.4) is 0 Å². The molecule has 0 saturated carbocycles. The number of rotatable bonds is 3. The molecule has 0 unspecified atom stereocenters. The molecule has 0 atom stereocenters. The lowest BCUT2D eigenvalue weighted by molar-refractivity contribution is -0.143. The lowest BCUT2D eigenvalue weighted by Crippen LogP contribution is -2.56. The number of hydrogen-bond donors (Lipinski definition) is 0. The highest BCUT2D eigenvalue weighted by atomic mass is 19.4. The maximum absolute atomic E-state index is 12.9. The number of pyridine rings is 1. The fourth-order valence-corrected chi connectivity index (χ4v) is 2.67. The van der Waals surface area contributed by atoms with Gasteiger partial charge in [0.1, 0.15) is 17.7 Å². The fraction of sp³-hybridized carbons (Fsp3) is 0.278. The van der Waals surface area contributed by atoms with E-state index in [4.69, 9.17) is 10.00 Å². The molecule has 1 aromatic heterocycles. The lowest BCUT2D eigenvalue weighted by Gasteiger charge is -2.38. The third kappa shape index (κ3) is 4.42. The van der Waals surface area contributed by atoms with Crippen molar-refractivity contribution in [2.24, 2.45) is 0 Å². The average molecular weight is 415 g/mol. The molecule has 11 heteroatoms. The minimum atomic E-state index is -5.04. The Bertz CT molecular complexity index is 943. The van der Waals surface area contributed by atoms with Crippen LogP contribution >= 0.6 is 0 Å². The zero-order valence-electron chi connectivity index (χ0n) is 14.4. The van der Waals surface area contributed by atoms with Crippen molar-refractivity contribution >= 4 is 5.91 Å². The van der Waals surface area contributed by atoms with E-state index in [2.05, 4.69) is 4.98 Å². The van der Waals surface area contributed by atoms with Gasteiger partial charge in [0.25, 0.3) is 5.91 Å². The number of benzene rings is 1. The van der Waals surface area contributed by atoms with Crippen molar-refractivity contribution in [2.75, 3.05) is 13.1 Å². The number of aromatic nitrogens is 1. The van der Waals surface area contributed by atoms with Crippen LogP contribution in [0.4, 0.5) is 26.3 Å². The summed E-state index contributed by atoms with van der Waals surface area (Å²) >= 11 is 0. The van der Waals surface area contributed by atoms with Gasteiger partial charge >= 0.3 is 12.4 Å². The quantitative estimate of drug-likeness (QED) is 0.714. The maximum Gasteiger partial charge on any atom is 0.416 e. The van der Waals surface area contributed by atoms with Crippen molar-refractivity contribution in [1.82, 2.24) is 9.88 Å². The van der Waals surface area contributed by atoms with Crippen LogP contribution < -0.4 is 4.74 Å². The molecule has 1 aliphatic rings. The highest BCUT2D eigenvalue weighted by Gasteiger charge is 2.39. The number of nitriles is 1. The van der Waals surface area contributed by atoms with Crippen LogP contribution in [0.15, 0.2) is 36.5 Å². The Morgan fingerprint density at radius 1 is 1.10 bits per heavy atom. The van der Waals surface area contributed by atoms with Gasteiger partial charge in [-0.15, -0.1) is 0 Å². The molecule has 2 heterocycles. The van der Waals surface area contributed by atoms with E-state index in [0.29, 0.717) is 12.1 Å². The number of carbonyl (C=O) groups excluding carboxylic acids is 1. The van der Waals surface area contributed by atoms with Gasteiger partial charge in [0.15, 0.2) is 0 Å². The van der Waals surface area contributed by atoms with E-state index >= 15 is 0 Å². The summed E-state index contributed by atoms with van der Waals surface area (Å²) in [7, 11) is 0. The molecule has 5 nitrogen and oxygen atoms in total. The van der Waals surface area contributed by atoms with Gasteiger partial charge in [0.05, 0.1) is 24.2 Å². The Hall–Kier alpha value is -3.29. The highest BCUT2D eigenvalue weighted by Crippen LogP contribution is 2.36. The maximum atomic E-state index is 12.9. The van der Waals surface area contributed by atoms with Gasteiger partial charge < -0.3 is 9.64 Å². The summed E-state index contributed by atoms with van der Waals surface area (Å²) in [6.07, 6.45) is -9.28. The van der Waals surface area contributed by atoms with E-state index < -0.39 is 41.1 Å². The lowest BCUT2D eigenvalue weighted by atomic mass is 10.0. The van der Waals surface area contributed by atoms with Crippen LogP contribution in [0.1, 0.15) is 27.0 Å². The molecule has 0 N–H and O–H groups in total. The summed E-state index contributed by atoms with van der Waals surface area (Å²) in [5, 5.41) is 8.98. The second-order valence-corrected chi connectivity index (χ2v) is 6.21. The second kappa shape index (κ2) is 7.27. The Balaban J connectivity index is 1.76. The van der Waals surface area contributed by atoms with Gasteiger partial charge in [-0.25, -0.2) is 4.98 Å². The molecule has 1 saturated heterocycles. The van der Waals surface area contributed by atoms with Gasteiger partial charge in [-0.3, -0.25) is 4.79 Å². The molecule has 2 aromatic rings. The molecule has 152 valence electrons. The van der Waals surface area contributed by atoms with Gasteiger partial charge in [-0.05, 0) is 30.3 Å². The standard InChI is InChI=1S/C18H11F6N3O2/c19-17(20,21)12-4-11(5-13(6-12)18(22,23)24)16(28)27-8-14(9-27)29-15-10(7-25)2-1-3-26-15/h1-6,14H,8-9H2. The van der Waals surface area contributed by atoms with Crippen molar-refractivity contribution in [3.05, 3.63) is 58.8 Å². The summed E-state index contributed by atoms with van der Waals surface area (Å²) in [5.41, 5.74) is -3.68. The third-order valence-corrected chi connectivity index (χ3v) is 4.14. The van der Waals surface area contributed by atoms with Crippen molar-refractivity contribution in [1.29, 1.82) is 5.26 Å². The topological polar surface area (TPSA) is 66.2 Å². The fourth-order valence-electron chi connectivity index (χ4n) is 2.67. The second-order valence-electron chi connectivity index (χ2n) is 6.21. The van der Waals surface area contributed by atoms with Gasteiger partial charge in [-0.1, -0.05) is 0 Å². The first kappa shape index (κ1) is 20.4. The molecular weight excluding hydrogens is 404 g/mol. The number of amides is 1. The molecule has 1 aromatic carbocycles. The van der Waals surface area contributed by atoms with E-state index in [9.17, 15) is 31.1 Å². The Morgan fingerprint density at radius 2 is 1.69 bits per heavy atom. The van der Waals surface area contributed by atoms with E-state index in [1.165, 1.54) is 18.3 Å². The average Bonchev–Trinajstić information content (AvgIpc) is 2.62. The molecule has 1 aliphatic heterocycles. The van der Waals surface area contributed by atoms with Crippen LogP contribution in [0.25, 0.3) is 0 Å². The number of nitrogens with zero attached hydrogens (tertiary/aromatic N) is 3. The van der Waals surface area contributed by atoms with Crippen LogP contribution in [-0.4, -0.2) is 35.0 Å². The number of hydrogen-bond acceptors (Lipinski definition) is 4. The smallest absolute Gasteiger partial charge is 0.416 e. The molecule has 0 radical (unpaired) electrons. The monoisotopic (exact) mass is 415 g/mol. The van der Waals surface area contributed by atoms with Crippen molar-refractivity contribution < 1.29 is 35.9 Å². The van der Waals surface area contributed by atoms with Crippen molar-refractivity contribution in [3.8, 4) is 11.9 Å². The molecular formula is C18H11F6N3O2. The summed E-state index contributed by atoms with van der Waals surface area (Å²) in [5.74, 6) is -0.950. The number of ether oxygens (including phenoxy) is 1. The number of carbonyl (C=O) groups is 1. The Morgan fingerprint density at radius 3 is 2.21 bits per heavy atom. The van der Waals surface area contributed by atoms with Gasteiger partial charge in [-0.2, -0.15) is 31.6 Å². The number of alkyl halides is 6. The van der Waals surface area contributed by atoms with E-state index in [1.807, 2.05) is 6.07 Å². The normalized spacial score (nSPS) is 14.9. The van der Waals surface area contributed by atoms with E-state index in [1.54, 1.807) is 0 Å². The van der Waals surface area contributed by atoms with E-state index in [0.717, 1.165) is 4.90 Å². The third-order valence-electron chi connectivity index (χ3n) is 4.14. The number of halogens is 6. The Labute approximate surface area is 160 Å². The predicted molar refractivity (Wildman–Crippen MR) is 85.7 cm³/mol. The first-order valence-corrected chi connectivity index (χ1v) is 8.09. The zero-order chi connectivity index (χ0) is 21.4. The first-order chi connectivity index (χ1) is 13.5. The molecule has 0 spiro atoms. The van der Waals surface area contributed by atoms with Crippen molar-refractivity contribution in [3.63, 3.8) is 0 Å². The molecule has 3 rings (SSSR count). The molecule has 29 heavy (non-hydrogen) atoms. The summed E-state index contributed by atoms with van der Waals surface area (Å²) in [6.45, 7) is -0.143. The molecule has 1 amide bonds. The summed E-state index contributed by atoms with van der Waals surface area (Å²) < 4.78 is 83.0. The molecule has 0 aliphatic carbocycles. The summed E-state index contributed by atoms with van der Waals surface area (Å²) in [4.78, 5) is 17.3. The van der Waals surface area contributed by atoms with Crippen LogP contribution in [0.2, 0.25) is 0 Å². The predicted octanol–water partition coefficient (Wildman–Crippen LogP) is 3.89. The number of likely N-dealkylation sites (tertiary alicyclic amines) is 1. The van der Waals surface area contributed by atoms with Crippen molar-refractivity contribution in [2.45, 2.75) is 18.5 Å².